The number of nitrogens with one attached hydrogen (secondary N) is 2. The highest BCUT2D eigenvalue weighted by molar-refractivity contribution is 7.15. The minimum atomic E-state index is -0.869. The minimum absolute atomic E-state index is 0.00353. The third kappa shape index (κ3) is 10.1. The van der Waals surface area contributed by atoms with E-state index in [0.717, 1.165) is 54.0 Å². The molecule has 3 N–H and O–H groups in total. The van der Waals surface area contributed by atoms with Crippen molar-refractivity contribution in [3.63, 3.8) is 0 Å². The number of hydrogen-bond acceptors (Lipinski definition) is 12. The SMILES string of the molecule is Cc1ncsc1-c1ccc([C@H](C)NC(=O)[C@@H]2C[C@@H](O)CN2C(=O)Cn2cc(-c3cc(F)cc(O[C@@H](C)CNC(=O)C[C@@H]4N=C(c5ccc(Cl)cc5)c5c(sc(C)c5C)-n5c(C)nnc54)c3)cn2)cc1. The van der Waals surface area contributed by atoms with Crippen molar-refractivity contribution in [3.05, 3.63) is 140 Å². The summed E-state index contributed by atoms with van der Waals surface area (Å²) in [6.07, 6.45) is 1.79. The monoisotopic (exact) mass is 988 g/mol. The summed E-state index contributed by atoms with van der Waals surface area (Å²) in [5, 5.41) is 31.3. The van der Waals surface area contributed by atoms with Crippen molar-refractivity contribution >= 4 is 57.7 Å². The molecule has 0 saturated carbocycles. The van der Waals surface area contributed by atoms with Gasteiger partial charge in [-0.15, -0.1) is 32.9 Å². The van der Waals surface area contributed by atoms with Crippen molar-refractivity contribution in [3.8, 4) is 32.3 Å². The van der Waals surface area contributed by atoms with Crippen LogP contribution in [0.4, 0.5) is 4.39 Å². The fourth-order valence-electron chi connectivity index (χ4n) is 8.77. The largest absolute Gasteiger partial charge is 0.489 e. The number of aromatic nitrogens is 6. The predicted octanol–water partition coefficient (Wildman–Crippen LogP) is 8.05. The van der Waals surface area contributed by atoms with Gasteiger partial charge in [-0.3, -0.25) is 28.6 Å². The standard InChI is InChI=1S/C50H50ClFN10O5S2/c1-26(20-53-43(64)19-41-48-59-58-31(6)62(48)50-45(27(2)30(5)69-50)46(57-41)33-11-13-37(51)14-12-33)67-40-16-35(15-38(52)17-40)36-21-55-60(22-36)24-44(65)61-23-39(63)18-42(61)49(66)56-28(3)32-7-9-34(10-8-32)47-29(4)54-25-68-47/h7-17,21-22,25-26,28,39,41-42,63H,18-20,23-24H2,1-6H3,(H,53,64)(H,56,66)/t26-,28-,39+,41-,42-/m0/s1. The molecule has 0 spiro atoms. The van der Waals surface area contributed by atoms with Gasteiger partial charge in [-0.05, 0) is 88.1 Å². The number of hydrogen-bond donors (Lipinski definition) is 3. The van der Waals surface area contributed by atoms with E-state index in [1.807, 2.05) is 79.4 Å². The molecule has 6 heterocycles. The Morgan fingerprint density at radius 1 is 0.971 bits per heavy atom. The van der Waals surface area contributed by atoms with Gasteiger partial charge in [-0.1, -0.05) is 48.0 Å². The Labute approximate surface area is 411 Å². The molecule has 1 fully saturated rings. The van der Waals surface area contributed by atoms with Crippen molar-refractivity contribution in [1.82, 2.24) is 45.1 Å². The number of nitrogens with zero attached hydrogens (tertiary/aromatic N) is 8. The number of fused-ring (bicyclic) bond motifs is 3. The molecule has 0 radical (unpaired) electrons. The van der Waals surface area contributed by atoms with Crippen molar-refractivity contribution < 1.29 is 28.6 Å². The molecule has 0 unspecified atom stereocenters. The van der Waals surface area contributed by atoms with Crippen LogP contribution in [0.1, 0.15) is 83.2 Å². The van der Waals surface area contributed by atoms with Gasteiger partial charge in [0.1, 0.15) is 47.1 Å². The number of carbonyl (C=O) groups is 3. The molecule has 3 amide bonds. The third-order valence-corrected chi connectivity index (χ3v) is 14.9. The summed E-state index contributed by atoms with van der Waals surface area (Å²) in [5.74, 6) is -0.114. The molecule has 2 aliphatic rings. The number of aliphatic hydroxyl groups excluding tert-OH is 1. The fourth-order valence-corrected chi connectivity index (χ4v) is 10.9. The zero-order valence-electron chi connectivity index (χ0n) is 38.7. The van der Waals surface area contributed by atoms with E-state index in [4.69, 9.17) is 21.3 Å². The fraction of sp³-hybridized carbons (Fsp3) is 0.320. The van der Waals surface area contributed by atoms with E-state index in [1.165, 1.54) is 27.9 Å². The Kier molecular flexibility index (Phi) is 13.6. The predicted molar refractivity (Wildman–Crippen MR) is 264 cm³/mol. The number of likely N-dealkylation sites (tertiary alicyclic amines) is 1. The molecule has 4 aromatic heterocycles. The summed E-state index contributed by atoms with van der Waals surface area (Å²) in [4.78, 5) is 54.0. The van der Waals surface area contributed by atoms with Crippen molar-refractivity contribution in [2.75, 3.05) is 13.1 Å². The number of aryl methyl sites for hydroxylation is 3. The number of carbonyl (C=O) groups excluding carboxylic acids is 3. The molecular formula is C50H50ClFN10O5S2. The van der Waals surface area contributed by atoms with E-state index in [2.05, 4.69) is 44.8 Å². The Bertz CT molecular complexity index is 3090. The molecule has 5 atom stereocenters. The zero-order chi connectivity index (χ0) is 48.7. The topological polar surface area (TPSA) is 182 Å². The van der Waals surface area contributed by atoms with E-state index in [-0.39, 0.29) is 56.1 Å². The second kappa shape index (κ2) is 19.8. The Hall–Kier alpha value is -6.60. The van der Waals surface area contributed by atoms with Crippen molar-refractivity contribution in [2.45, 2.75) is 91.3 Å². The lowest BCUT2D eigenvalue weighted by molar-refractivity contribution is -0.139. The van der Waals surface area contributed by atoms with Crippen LogP contribution >= 0.6 is 34.3 Å². The van der Waals surface area contributed by atoms with Gasteiger partial charge in [-0.25, -0.2) is 9.37 Å². The second-order valence-corrected chi connectivity index (χ2v) is 20.0. The van der Waals surface area contributed by atoms with Crippen LogP contribution in [0.3, 0.4) is 0 Å². The van der Waals surface area contributed by atoms with Crippen LogP contribution in [0, 0.1) is 33.5 Å². The van der Waals surface area contributed by atoms with Crippen LogP contribution in [-0.2, 0) is 20.9 Å². The third-order valence-electron chi connectivity index (χ3n) is 12.5. The number of benzene rings is 3. The van der Waals surface area contributed by atoms with Crippen molar-refractivity contribution in [2.24, 2.45) is 4.99 Å². The summed E-state index contributed by atoms with van der Waals surface area (Å²) in [5.41, 5.74) is 9.36. The van der Waals surface area contributed by atoms with Crippen LogP contribution in [0.15, 0.2) is 89.6 Å². The first-order chi connectivity index (χ1) is 33.1. The average Bonchev–Trinajstić information content (AvgIpc) is 4.16. The summed E-state index contributed by atoms with van der Waals surface area (Å²) in [6, 6.07) is 17.8. The molecule has 0 aliphatic carbocycles. The van der Waals surface area contributed by atoms with E-state index in [0.29, 0.717) is 27.8 Å². The van der Waals surface area contributed by atoms with Crippen LogP contribution < -0.4 is 15.4 Å². The van der Waals surface area contributed by atoms with E-state index in [1.54, 1.807) is 41.9 Å². The summed E-state index contributed by atoms with van der Waals surface area (Å²) >= 11 is 9.46. The molecule has 1 saturated heterocycles. The summed E-state index contributed by atoms with van der Waals surface area (Å²) in [6.45, 7) is 11.5. The van der Waals surface area contributed by atoms with E-state index in [9.17, 15) is 19.5 Å². The highest BCUT2D eigenvalue weighted by Gasteiger charge is 2.39. The summed E-state index contributed by atoms with van der Waals surface area (Å²) < 4.78 is 24.6. The number of aliphatic imine (C=N–C) groups is 1. The molecule has 19 heteroatoms. The number of thiophene rings is 1. The smallest absolute Gasteiger partial charge is 0.245 e. The lowest BCUT2D eigenvalue weighted by atomic mass is 9.99. The van der Waals surface area contributed by atoms with Gasteiger partial charge in [0, 0.05) is 51.8 Å². The molecule has 7 aromatic rings. The van der Waals surface area contributed by atoms with Gasteiger partial charge in [0.25, 0.3) is 0 Å². The Morgan fingerprint density at radius 2 is 1.72 bits per heavy atom. The maximum atomic E-state index is 15.1. The van der Waals surface area contributed by atoms with Gasteiger partial charge < -0.3 is 25.4 Å². The van der Waals surface area contributed by atoms with Crippen LogP contribution in [0.25, 0.3) is 26.6 Å². The van der Waals surface area contributed by atoms with E-state index >= 15 is 4.39 Å². The maximum Gasteiger partial charge on any atom is 0.245 e. The van der Waals surface area contributed by atoms with Gasteiger partial charge in [0.2, 0.25) is 17.7 Å². The number of halogens is 2. The number of β-amino-alcohol motifs (C(OH)–C–C–N with tert-alkyl or cyclic N) is 1. The van der Waals surface area contributed by atoms with Crippen LogP contribution in [-0.4, -0.2) is 94.3 Å². The van der Waals surface area contributed by atoms with Gasteiger partial charge >= 0.3 is 0 Å². The van der Waals surface area contributed by atoms with Crippen LogP contribution in [0.5, 0.6) is 5.75 Å². The van der Waals surface area contributed by atoms with Gasteiger partial charge in [-0.2, -0.15) is 5.10 Å². The molecule has 356 valence electrons. The first-order valence-electron chi connectivity index (χ1n) is 22.5. The number of aliphatic hydroxyl groups is 1. The molecule has 69 heavy (non-hydrogen) atoms. The molecule has 3 aromatic carbocycles. The zero-order valence-corrected chi connectivity index (χ0v) is 41.1. The maximum absolute atomic E-state index is 15.1. The number of amides is 3. The lowest BCUT2D eigenvalue weighted by Gasteiger charge is -2.25. The first kappa shape index (κ1) is 47.5. The normalized spacial score (nSPS) is 17.4. The molecule has 2 aliphatic heterocycles. The molecular weight excluding hydrogens is 939 g/mol. The van der Waals surface area contributed by atoms with E-state index < -0.39 is 36.0 Å². The van der Waals surface area contributed by atoms with Crippen LogP contribution in [0.2, 0.25) is 5.02 Å². The summed E-state index contributed by atoms with van der Waals surface area (Å²) in [7, 11) is 0. The number of ether oxygens (including phenoxy) is 1. The second-order valence-electron chi connectivity index (χ2n) is 17.5. The van der Waals surface area contributed by atoms with Gasteiger partial charge in [0.05, 0.1) is 53.1 Å². The highest BCUT2D eigenvalue weighted by Crippen LogP contribution is 2.40. The lowest BCUT2D eigenvalue weighted by Crippen LogP contribution is -2.47. The first-order valence-corrected chi connectivity index (χ1v) is 24.6. The minimum Gasteiger partial charge on any atom is -0.489 e. The molecule has 15 nitrogen and oxygen atoms in total. The highest BCUT2D eigenvalue weighted by atomic mass is 35.5. The number of thiazole rings is 1. The Morgan fingerprint density at radius 3 is 2.46 bits per heavy atom. The van der Waals surface area contributed by atoms with Gasteiger partial charge in [0.15, 0.2) is 5.82 Å². The Balaban J connectivity index is 0.815. The molecule has 9 rings (SSSR count). The quantitative estimate of drug-likeness (QED) is 0.0972. The molecule has 0 bridgehead atoms. The van der Waals surface area contributed by atoms with Crippen molar-refractivity contribution in [1.29, 1.82) is 0 Å². The average molecular weight is 990 g/mol. The number of rotatable bonds is 14.